The van der Waals surface area contributed by atoms with Gasteiger partial charge >= 0.3 is 6.01 Å². The number of nitrogens with two attached hydrogens (primary N) is 1. The van der Waals surface area contributed by atoms with Gasteiger partial charge < -0.3 is 15.5 Å². The molecule has 2 aromatic heterocycles. The number of methoxy groups -OCH3 is 1. The van der Waals surface area contributed by atoms with Crippen LogP contribution in [0.15, 0.2) is 6.20 Å². The standard InChI is InChI=1S/C14H20N4O/c1-9-11-10(14(8-15)5-3-4-6-14)7-16-12(11)18-13(17-9)19-2/h7H,3-6,8,15H2,1-2H3,(H,16,17,18). The van der Waals surface area contributed by atoms with Crippen LogP contribution in [0.5, 0.6) is 6.01 Å². The number of nitrogens with one attached hydrogen (secondary N) is 1. The topological polar surface area (TPSA) is 76.8 Å². The number of H-pyrrole nitrogens is 1. The van der Waals surface area contributed by atoms with Crippen LogP contribution in [0.2, 0.25) is 0 Å². The van der Waals surface area contributed by atoms with E-state index < -0.39 is 0 Å². The molecule has 0 aliphatic heterocycles. The van der Waals surface area contributed by atoms with Gasteiger partial charge in [0.05, 0.1) is 12.8 Å². The normalized spacial score (nSPS) is 18.1. The molecule has 0 atom stereocenters. The number of fused-ring (bicyclic) bond motifs is 1. The van der Waals surface area contributed by atoms with Gasteiger partial charge in [-0.15, -0.1) is 0 Å². The second-order valence-corrected chi connectivity index (χ2v) is 5.41. The van der Waals surface area contributed by atoms with Crippen molar-refractivity contribution in [2.24, 2.45) is 5.73 Å². The van der Waals surface area contributed by atoms with E-state index in [1.54, 1.807) is 7.11 Å². The van der Waals surface area contributed by atoms with E-state index in [9.17, 15) is 0 Å². The van der Waals surface area contributed by atoms with Crippen LogP contribution in [-0.2, 0) is 5.41 Å². The van der Waals surface area contributed by atoms with Crippen molar-refractivity contribution in [2.75, 3.05) is 13.7 Å². The number of hydrogen-bond donors (Lipinski definition) is 2. The maximum Gasteiger partial charge on any atom is 0.318 e. The first-order valence-electron chi connectivity index (χ1n) is 6.80. The number of aromatic nitrogens is 3. The first kappa shape index (κ1) is 12.4. The summed E-state index contributed by atoms with van der Waals surface area (Å²) in [5.41, 5.74) is 9.26. The molecule has 1 aliphatic carbocycles. The number of aromatic amines is 1. The lowest BCUT2D eigenvalue weighted by molar-refractivity contribution is 0.380. The lowest BCUT2D eigenvalue weighted by Gasteiger charge is -2.27. The van der Waals surface area contributed by atoms with Crippen LogP contribution in [0.1, 0.15) is 36.9 Å². The minimum atomic E-state index is 0.0982. The van der Waals surface area contributed by atoms with Gasteiger partial charge in [-0.2, -0.15) is 9.97 Å². The molecule has 2 aromatic rings. The zero-order chi connectivity index (χ0) is 13.5. The molecule has 5 heteroatoms. The summed E-state index contributed by atoms with van der Waals surface area (Å²) in [6.45, 7) is 2.69. The number of aryl methyl sites for hydroxylation is 1. The van der Waals surface area contributed by atoms with Crippen molar-refractivity contribution in [2.45, 2.75) is 38.0 Å². The van der Waals surface area contributed by atoms with Crippen LogP contribution in [0.3, 0.4) is 0 Å². The van der Waals surface area contributed by atoms with Gasteiger partial charge in [-0.3, -0.25) is 0 Å². The minimum absolute atomic E-state index is 0.0982. The summed E-state index contributed by atoms with van der Waals surface area (Å²) < 4.78 is 5.12. The molecule has 3 rings (SSSR count). The van der Waals surface area contributed by atoms with E-state index in [-0.39, 0.29) is 5.41 Å². The molecule has 5 nitrogen and oxygen atoms in total. The van der Waals surface area contributed by atoms with E-state index in [2.05, 4.69) is 21.1 Å². The molecular weight excluding hydrogens is 240 g/mol. The summed E-state index contributed by atoms with van der Waals surface area (Å²) in [6.07, 6.45) is 6.87. The molecule has 1 fully saturated rings. The molecular formula is C14H20N4O. The predicted octanol–water partition coefficient (Wildman–Crippen LogP) is 2.05. The molecule has 0 saturated heterocycles. The number of nitrogens with zero attached hydrogens (tertiary/aromatic N) is 2. The van der Waals surface area contributed by atoms with Crippen LogP contribution >= 0.6 is 0 Å². The number of hydrogen-bond acceptors (Lipinski definition) is 4. The largest absolute Gasteiger partial charge is 0.467 e. The quantitative estimate of drug-likeness (QED) is 0.885. The van der Waals surface area contributed by atoms with E-state index >= 15 is 0 Å². The van der Waals surface area contributed by atoms with Crippen molar-refractivity contribution in [3.8, 4) is 6.01 Å². The van der Waals surface area contributed by atoms with Gasteiger partial charge in [0.1, 0.15) is 5.65 Å². The zero-order valence-electron chi connectivity index (χ0n) is 11.5. The highest BCUT2D eigenvalue weighted by Crippen LogP contribution is 2.43. The van der Waals surface area contributed by atoms with Gasteiger partial charge in [0.15, 0.2) is 0 Å². The molecule has 0 radical (unpaired) electrons. The van der Waals surface area contributed by atoms with E-state index in [0.717, 1.165) is 29.6 Å². The highest BCUT2D eigenvalue weighted by molar-refractivity contribution is 5.83. The third-order valence-corrected chi connectivity index (χ3v) is 4.40. The lowest BCUT2D eigenvalue weighted by Crippen LogP contribution is -2.31. The number of rotatable bonds is 3. The summed E-state index contributed by atoms with van der Waals surface area (Å²) in [7, 11) is 1.59. The van der Waals surface area contributed by atoms with Gasteiger partial charge in [-0.25, -0.2) is 0 Å². The van der Waals surface area contributed by atoms with Crippen molar-refractivity contribution in [1.29, 1.82) is 0 Å². The summed E-state index contributed by atoms with van der Waals surface area (Å²) in [6, 6.07) is 0.409. The van der Waals surface area contributed by atoms with Crippen LogP contribution in [0, 0.1) is 6.92 Å². The second kappa shape index (κ2) is 4.49. The van der Waals surface area contributed by atoms with E-state index in [4.69, 9.17) is 10.5 Å². The Bertz CT molecular complexity index is 599. The fraction of sp³-hybridized carbons (Fsp3) is 0.571. The third-order valence-electron chi connectivity index (χ3n) is 4.40. The van der Waals surface area contributed by atoms with E-state index in [1.807, 2.05) is 6.92 Å². The van der Waals surface area contributed by atoms with Gasteiger partial charge in [-0.1, -0.05) is 12.8 Å². The first-order chi connectivity index (χ1) is 9.20. The maximum absolute atomic E-state index is 6.08. The van der Waals surface area contributed by atoms with Crippen LogP contribution in [0.25, 0.3) is 11.0 Å². The minimum Gasteiger partial charge on any atom is -0.467 e. The Morgan fingerprint density at radius 2 is 2.11 bits per heavy atom. The Labute approximate surface area is 112 Å². The second-order valence-electron chi connectivity index (χ2n) is 5.41. The van der Waals surface area contributed by atoms with Gasteiger partial charge in [0, 0.05) is 23.5 Å². The monoisotopic (exact) mass is 260 g/mol. The van der Waals surface area contributed by atoms with Crippen LogP contribution < -0.4 is 10.5 Å². The first-order valence-corrected chi connectivity index (χ1v) is 6.80. The third kappa shape index (κ3) is 1.80. The van der Waals surface area contributed by atoms with Gasteiger partial charge in [0.2, 0.25) is 0 Å². The summed E-state index contributed by atoms with van der Waals surface area (Å²) in [4.78, 5) is 12.0. The molecule has 0 bridgehead atoms. The van der Waals surface area contributed by atoms with Crippen LogP contribution in [-0.4, -0.2) is 28.6 Å². The summed E-state index contributed by atoms with van der Waals surface area (Å²) >= 11 is 0. The average Bonchev–Trinajstić information content (AvgIpc) is 3.05. The van der Waals surface area contributed by atoms with Crippen molar-refractivity contribution >= 4 is 11.0 Å². The Kier molecular flexibility index (Phi) is 2.93. The molecule has 19 heavy (non-hydrogen) atoms. The van der Waals surface area contributed by atoms with Crippen molar-refractivity contribution in [1.82, 2.24) is 15.0 Å². The van der Waals surface area contributed by atoms with Crippen molar-refractivity contribution < 1.29 is 4.74 Å². The van der Waals surface area contributed by atoms with Crippen molar-refractivity contribution in [3.63, 3.8) is 0 Å². The molecule has 102 valence electrons. The Morgan fingerprint density at radius 3 is 2.74 bits per heavy atom. The summed E-state index contributed by atoms with van der Waals surface area (Å²) in [5.74, 6) is 0. The highest BCUT2D eigenvalue weighted by atomic mass is 16.5. The van der Waals surface area contributed by atoms with Gasteiger partial charge in [0.25, 0.3) is 0 Å². The fourth-order valence-corrected chi connectivity index (χ4v) is 3.33. The molecule has 0 unspecified atom stereocenters. The predicted molar refractivity (Wildman–Crippen MR) is 74.4 cm³/mol. The highest BCUT2D eigenvalue weighted by Gasteiger charge is 2.36. The van der Waals surface area contributed by atoms with E-state index in [0.29, 0.717) is 12.6 Å². The van der Waals surface area contributed by atoms with Crippen molar-refractivity contribution in [3.05, 3.63) is 17.5 Å². The number of ether oxygens (including phenoxy) is 1. The molecule has 2 heterocycles. The lowest BCUT2D eigenvalue weighted by atomic mass is 9.79. The fourth-order valence-electron chi connectivity index (χ4n) is 3.33. The average molecular weight is 260 g/mol. The maximum atomic E-state index is 6.08. The smallest absolute Gasteiger partial charge is 0.318 e. The van der Waals surface area contributed by atoms with Crippen LogP contribution in [0.4, 0.5) is 0 Å². The molecule has 0 aromatic carbocycles. The molecule has 1 aliphatic rings. The van der Waals surface area contributed by atoms with E-state index in [1.165, 1.54) is 18.4 Å². The van der Waals surface area contributed by atoms with Gasteiger partial charge in [-0.05, 0) is 25.3 Å². The zero-order valence-corrected chi connectivity index (χ0v) is 11.5. The molecule has 0 amide bonds. The Balaban J connectivity index is 2.20. The molecule has 0 spiro atoms. The summed E-state index contributed by atoms with van der Waals surface area (Å²) in [5, 5.41) is 1.12. The molecule has 1 saturated carbocycles. The Hall–Kier alpha value is -1.62. The SMILES string of the molecule is COc1nc(C)c2c(C3(CN)CCCC3)c[nH]c2n1. The molecule has 3 N–H and O–H groups in total. The Morgan fingerprint density at radius 1 is 1.37 bits per heavy atom.